The Morgan fingerprint density at radius 1 is 0.667 bits per heavy atom. The van der Waals surface area contributed by atoms with E-state index in [9.17, 15) is 24.3 Å². The number of anilines is 3. The van der Waals surface area contributed by atoms with E-state index in [-0.39, 0.29) is 22.9 Å². The zero-order valence-corrected chi connectivity index (χ0v) is 25.6. The van der Waals surface area contributed by atoms with Gasteiger partial charge in [0.2, 0.25) is 5.91 Å². The molecule has 0 heterocycles. The SMILES string of the molecule is CC(=O)N(c1ccc(/C=C/c2ccc(OC(C)(C)C)c(C(=O)O)c2)cc1)c1ccc(N(C)C(=O)c2ccc(C(=O)O)cc2)cc1. The summed E-state index contributed by atoms with van der Waals surface area (Å²) in [4.78, 5) is 51.5. The van der Waals surface area contributed by atoms with Gasteiger partial charge in [-0.25, -0.2) is 9.59 Å². The molecule has 0 aliphatic carbocycles. The predicted octanol–water partition coefficient (Wildman–Crippen LogP) is 7.39. The summed E-state index contributed by atoms with van der Waals surface area (Å²) < 4.78 is 5.79. The van der Waals surface area contributed by atoms with Crippen LogP contribution in [0.3, 0.4) is 0 Å². The summed E-state index contributed by atoms with van der Waals surface area (Å²) in [7, 11) is 1.62. The number of carboxylic acids is 2. The van der Waals surface area contributed by atoms with E-state index >= 15 is 0 Å². The number of amides is 2. The van der Waals surface area contributed by atoms with Crippen molar-refractivity contribution in [3.05, 3.63) is 119 Å². The van der Waals surface area contributed by atoms with Crippen molar-refractivity contribution in [3.8, 4) is 5.75 Å². The van der Waals surface area contributed by atoms with Crippen LogP contribution in [0.5, 0.6) is 5.75 Å². The summed E-state index contributed by atoms with van der Waals surface area (Å²) in [5, 5.41) is 18.7. The summed E-state index contributed by atoms with van der Waals surface area (Å²) in [6.07, 6.45) is 3.66. The Kier molecular flexibility index (Phi) is 9.52. The van der Waals surface area contributed by atoms with Crippen molar-refractivity contribution in [1.29, 1.82) is 0 Å². The van der Waals surface area contributed by atoms with Crippen LogP contribution in [0, 0.1) is 0 Å². The molecule has 0 bridgehead atoms. The molecule has 0 unspecified atom stereocenters. The van der Waals surface area contributed by atoms with Crippen LogP contribution >= 0.6 is 0 Å². The molecule has 4 rings (SSSR count). The van der Waals surface area contributed by atoms with E-state index in [4.69, 9.17) is 9.84 Å². The molecule has 0 saturated heterocycles. The van der Waals surface area contributed by atoms with E-state index in [1.54, 1.807) is 54.4 Å². The number of rotatable bonds is 9. The maximum atomic E-state index is 12.9. The minimum absolute atomic E-state index is 0.0792. The molecule has 9 nitrogen and oxygen atoms in total. The maximum Gasteiger partial charge on any atom is 0.339 e. The van der Waals surface area contributed by atoms with Gasteiger partial charge in [-0.3, -0.25) is 14.5 Å². The summed E-state index contributed by atoms with van der Waals surface area (Å²) >= 11 is 0. The lowest BCUT2D eigenvalue weighted by atomic mass is 10.1. The molecule has 2 amide bonds. The molecule has 45 heavy (non-hydrogen) atoms. The number of carbonyl (C=O) groups excluding carboxylic acids is 2. The standard InChI is InChI=1S/C36H34N2O7/c1-23(39)38(30-19-17-28(18-20-30)37(5)33(40)26-11-13-27(14-12-26)34(41)42)29-15-8-24(9-16-29)6-7-25-10-21-32(45-36(2,3)4)31(22-25)35(43)44/h6-22H,1-5H3,(H,41,42)(H,43,44)/b7-6+. The van der Waals surface area contributed by atoms with Crippen LogP contribution in [0.4, 0.5) is 17.1 Å². The monoisotopic (exact) mass is 606 g/mol. The number of carbonyl (C=O) groups is 4. The molecule has 4 aromatic carbocycles. The average Bonchev–Trinajstić information content (AvgIpc) is 3.00. The predicted molar refractivity (Wildman–Crippen MR) is 175 cm³/mol. The Balaban J connectivity index is 1.49. The van der Waals surface area contributed by atoms with Gasteiger partial charge >= 0.3 is 11.9 Å². The summed E-state index contributed by atoms with van der Waals surface area (Å²) in [5.74, 6) is -2.34. The van der Waals surface area contributed by atoms with Crippen molar-refractivity contribution in [1.82, 2.24) is 0 Å². The molecule has 0 spiro atoms. The zero-order valence-electron chi connectivity index (χ0n) is 25.6. The second kappa shape index (κ2) is 13.3. The summed E-state index contributed by atoms with van der Waals surface area (Å²) in [6.45, 7) is 7.03. The fourth-order valence-electron chi connectivity index (χ4n) is 4.57. The normalized spacial score (nSPS) is 11.2. The van der Waals surface area contributed by atoms with Crippen molar-refractivity contribution in [2.75, 3.05) is 16.8 Å². The molecular weight excluding hydrogens is 572 g/mol. The molecule has 0 fully saturated rings. The van der Waals surface area contributed by atoms with Crippen molar-refractivity contribution < 1.29 is 34.1 Å². The topological polar surface area (TPSA) is 124 Å². The molecule has 230 valence electrons. The second-order valence-electron chi connectivity index (χ2n) is 11.3. The molecule has 2 N–H and O–H groups in total. The van der Waals surface area contributed by atoms with Gasteiger partial charge in [0.25, 0.3) is 5.91 Å². The molecule has 0 aliphatic heterocycles. The van der Waals surface area contributed by atoms with E-state index in [0.717, 1.165) is 5.56 Å². The number of hydrogen-bond acceptors (Lipinski definition) is 5. The first-order chi connectivity index (χ1) is 21.2. The van der Waals surface area contributed by atoms with Gasteiger partial charge < -0.3 is 19.8 Å². The van der Waals surface area contributed by atoms with Gasteiger partial charge in [0.1, 0.15) is 16.9 Å². The van der Waals surface area contributed by atoms with E-state index in [0.29, 0.717) is 33.9 Å². The largest absolute Gasteiger partial charge is 0.487 e. The Bertz CT molecular complexity index is 1750. The Labute approximate surface area is 261 Å². The van der Waals surface area contributed by atoms with Crippen LogP contribution in [-0.4, -0.2) is 46.6 Å². The van der Waals surface area contributed by atoms with Crippen LogP contribution in [0.15, 0.2) is 91.0 Å². The smallest absolute Gasteiger partial charge is 0.339 e. The number of benzene rings is 4. The third-order valence-electron chi connectivity index (χ3n) is 6.76. The quantitative estimate of drug-likeness (QED) is 0.190. The number of hydrogen-bond donors (Lipinski definition) is 2. The maximum absolute atomic E-state index is 12.9. The fraction of sp³-hybridized carbons (Fsp3) is 0.167. The van der Waals surface area contributed by atoms with Crippen molar-refractivity contribution >= 4 is 53.0 Å². The third kappa shape index (κ3) is 8.03. The highest BCUT2D eigenvalue weighted by Crippen LogP contribution is 2.29. The molecule has 0 saturated carbocycles. The Morgan fingerprint density at radius 2 is 1.16 bits per heavy atom. The van der Waals surface area contributed by atoms with Crippen molar-refractivity contribution in [2.45, 2.75) is 33.3 Å². The Morgan fingerprint density at radius 3 is 1.67 bits per heavy atom. The highest BCUT2D eigenvalue weighted by Gasteiger charge is 2.19. The molecule has 0 aliphatic rings. The highest BCUT2D eigenvalue weighted by molar-refractivity contribution is 6.06. The highest BCUT2D eigenvalue weighted by atomic mass is 16.5. The van der Waals surface area contributed by atoms with E-state index in [1.165, 1.54) is 36.1 Å². The van der Waals surface area contributed by atoms with Crippen molar-refractivity contribution in [2.24, 2.45) is 0 Å². The van der Waals surface area contributed by atoms with Gasteiger partial charge in [0.15, 0.2) is 0 Å². The van der Waals surface area contributed by atoms with Crippen LogP contribution < -0.4 is 14.5 Å². The van der Waals surface area contributed by atoms with E-state index in [2.05, 4.69) is 0 Å². The van der Waals surface area contributed by atoms with Gasteiger partial charge in [-0.15, -0.1) is 0 Å². The summed E-state index contributed by atoms with van der Waals surface area (Å²) in [6, 6.07) is 25.0. The van der Waals surface area contributed by atoms with Crippen LogP contribution in [0.1, 0.15) is 69.9 Å². The first-order valence-corrected chi connectivity index (χ1v) is 14.1. The number of aromatic carboxylic acids is 2. The van der Waals surface area contributed by atoms with E-state index in [1.807, 2.05) is 57.2 Å². The Hall–Kier alpha value is -5.70. The van der Waals surface area contributed by atoms with Gasteiger partial charge in [-0.2, -0.15) is 0 Å². The lowest BCUT2D eigenvalue weighted by molar-refractivity contribution is -0.115. The lowest BCUT2D eigenvalue weighted by Crippen LogP contribution is -2.26. The van der Waals surface area contributed by atoms with Gasteiger partial charge in [0, 0.05) is 36.6 Å². The van der Waals surface area contributed by atoms with Crippen LogP contribution in [0.25, 0.3) is 12.2 Å². The lowest BCUT2D eigenvalue weighted by Gasteiger charge is -2.23. The molecule has 0 aromatic heterocycles. The zero-order chi connectivity index (χ0) is 32.9. The third-order valence-corrected chi connectivity index (χ3v) is 6.76. The van der Waals surface area contributed by atoms with Gasteiger partial charge in [-0.05, 0) is 105 Å². The van der Waals surface area contributed by atoms with Gasteiger partial charge in [-0.1, -0.05) is 30.4 Å². The van der Waals surface area contributed by atoms with Crippen LogP contribution in [0.2, 0.25) is 0 Å². The average molecular weight is 607 g/mol. The fourth-order valence-corrected chi connectivity index (χ4v) is 4.57. The number of nitrogens with zero attached hydrogens (tertiary/aromatic N) is 2. The first-order valence-electron chi connectivity index (χ1n) is 14.1. The second-order valence-corrected chi connectivity index (χ2v) is 11.3. The minimum Gasteiger partial charge on any atom is -0.487 e. The molecule has 4 aromatic rings. The molecule has 0 radical (unpaired) electrons. The van der Waals surface area contributed by atoms with E-state index < -0.39 is 17.5 Å². The molecule has 0 atom stereocenters. The molecule has 9 heteroatoms. The van der Waals surface area contributed by atoms with Crippen molar-refractivity contribution in [3.63, 3.8) is 0 Å². The minimum atomic E-state index is -1.07. The first kappa shape index (κ1) is 32.2. The number of carboxylic acid groups (broad SMARTS) is 2. The van der Waals surface area contributed by atoms with Crippen LogP contribution in [-0.2, 0) is 4.79 Å². The molecular formula is C36H34N2O7. The summed E-state index contributed by atoms with van der Waals surface area (Å²) in [5.41, 5.74) is 3.39. The number of ether oxygens (including phenoxy) is 1. The van der Waals surface area contributed by atoms with Gasteiger partial charge in [0.05, 0.1) is 5.56 Å².